The van der Waals surface area contributed by atoms with Crippen molar-refractivity contribution in [3.8, 4) is 0 Å². The minimum atomic E-state index is -0.997. The number of morpholine rings is 1. The van der Waals surface area contributed by atoms with Gasteiger partial charge in [0.05, 0.1) is 32.8 Å². The average molecular weight is 663 g/mol. The molecule has 0 spiro atoms. The van der Waals surface area contributed by atoms with E-state index in [1.165, 1.54) is 14.7 Å². The lowest BCUT2D eigenvalue weighted by atomic mass is 10.0. The second kappa shape index (κ2) is 17.4. The molecule has 2 aliphatic heterocycles. The van der Waals surface area contributed by atoms with Gasteiger partial charge in [-0.1, -0.05) is 35.3 Å². The molecule has 0 saturated carbocycles. The van der Waals surface area contributed by atoms with E-state index in [4.69, 9.17) is 32.7 Å². The fourth-order valence-electron chi connectivity index (χ4n) is 5.53. The van der Waals surface area contributed by atoms with Crippen LogP contribution in [0, 0.1) is 0 Å². The summed E-state index contributed by atoms with van der Waals surface area (Å²) in [6, 6.07) is 9.67. The summed E-state index contributed by atoms with van der Waals surface area (Å²) in [5.74, 6) is -1.48. The maximum Gasteiger partial charge on any atom is 0.325 e. The molecule has 1 aromatic heterocycles. The van der Waals surface area contributed by atoms with Crippen molar-refractivity contribution in [2.24, 2.45) is 0 Å². The SMILES string of the molecule is CCOC(=O)CN(CCc1ccccn1)C(=O)CC1C(=O)N(CCc2ccc(Cl)cc2Cl)CC(=O)N1CCCN1CCOCC1. The number of aromatic nitrogens is 1. The van der Waals surface area contributed by atoms with Crippen LogP contribution in [0.1, 0.15) is 31.0 Å². The van der Waals surface area contributed by atoms with E-state index in [0.717, 1.165) is 30.9 Å². The highest BCUT2D eigenvalue weighted by Gasteiger charge is 2.41. The normalized spacial score (nSPS) is 17.4. The molecule has 0 radical (unpaired) electrons. The van der Waals surface area contributed by atoms with Gasteiger partial charge in [0.2, 0.25) is 17.7 Å². The van der Waals surface area contributed by atoms with Crippen molar-refractivity contribution < 1.29 is 28.7 Å². The fraction of sp³-hybridized carbons (Fsp3) is 0.531. The standard InChI is InChI=1S/C32H41Cl2N5O6/c1-2-45-31(42)23-37(15-10-26-6-3-4-11-35-26)29(40)21-28-32(43)38(14-9-24-7-8-25(33)20-27(24)34)22-30(41)39(28)13-5-12-36-16-18-44-19-17-36/h3-4,6-8,11,20,28H,2,5,9-10,12-19,21-23H2,1H3. The average Bonchev–Trinajstić information content (AvgIpc) is 3.03. The van der Waals surface area contributed by atoms with Crippen LogP contribution in [-0.2, 0) is 41.5 Å². The highest BCUT2D eigenvalue weighted by molar-refractivity contribution is 6.35. The zero-order chi connectivity index (χ0) is 32.2. The molecule has 3 amide bonds. The van der Waals surface area contributed by atoms with Gasteiger partial charge in [-0.3, -0.25) is 29.1 Å². The summed E-state index contributed by atoms with van der Waals surface area (Å²) in [6.07, 6.45) is 2.91. The van der Waals surface area contributed by atoms with E-state index in [2.05, 4.69) is 9.88 Å². The molecule has 244 valence electrons. The van der Waals surface area contributed by atoms with Crippen molar-refractivity contribution >= 4 is 46.9 Å². The number of hydrogen-bond donors (Lipinski definition) is 0. The number of halogens is 2. The highest BCUT2D eigenvalue weighted by Crippen LogP contribution is 2.23. The predicted molar refractivity (Wildman–Crippen MR) is 170 cm³/mol. The first-order chi connectivity index (χ1) is 21.7. The number of amides is 3. The lowest BCUT2D eigenvalue weighted by Gasteiger charge is -2.41. The van der Waals surface area contributed by atoms with Crippen molar-refractivity contribution in [1.82, 2.24) is 24.6 Å². The quantitative estimate of drug-likeness (QED) is 0.268. The first-order valence-corrected chi connectivity index (χ1v) is 16.2. The second-order valence-electron chi connectivity index (χ2n) is 11.1. The van der Waals surface area contributed by atoms with Crippen LogP contribution < -0.4 is 0 Å². The van der Waals surface area contributed by atoms with Crippen LogP contribution in [0.2, 0.25) is 10.0 Å². The number of pyridine rings is 1. The molecule has 13 heteroatoms. The monoisotopic (exact) mass is 661 g/mol. The minimum Gasteiger partial charge on any atom is -0.465 e. The number of nitrogens with zero attached hydrogens (tertiary/aromatic N) is 5. The van der Waals surface area contributed by atoms with Gasteiger partial charge in [0.15, 0.2) is 0 Å². The van der Waals surface area contributed by atoms with Crippen molar-refractivity contribution in [2.75, 3.05) is 72.2 Å². The minimum absolute atomic E-state index is 0.0848. The van der Waals surface area contributed by atoms with E-state index < -0.39 is 17.9 Å². The van der Waals surface area contributed by atoms with Gasteiger partial charge in [0.1, 0.15) is 12.6 Å². The van der Waals surface area contributed by atoms with E-state index >= 15 is 0 Å². The molecule has 11 nitrogen and oxygen atoms in total. The van der Waals surface area contributed by atoms with E-state index in [0.29, 0.717) is 49.1 Å². The molecule has 45 heavy (non-hydrogen) atoms. The lowest BCUT2D eigenvalue weighted by molar-refractivity contribution is -0.159. The maximum atomic E-state index is 13.9. The Labute approximate surface area is 274 Å². The number of rotatable bonds is 15. The van der Waals surface area contributed by atoms with E-state index in [1.54, 1.807) is 37.4 Å². The molecule has 0 N–H and O–H groups in total. The first kappa shape index (κ1) is 34.6. The summed E-state index contributed by atoms with van der Waals surface area (Å²) in [4.78, 5) is 64.7. The van der Waals surface area contributed by atoms with Crippen molar-refractivity contribution in [3.05, 3.63) is 63.9 Å². The molecule has 0 bridgehead atoms. The summed E-state index contributed by atoms with van der Waals surface area (Å²) in [5.41, 5.74) is 1.57. The van der Waals surface area contributed by atoms with Gasteiger partial charge in [-0.2, -0.15) is 0 Å². The highest BCUT2D eigenvalue weighted by atomic mass is 35.5. The molecule has 2 aliphatic rings. The predicted octanol–water partition coefficient (Wildman–Crippen LogP) is 2.72. The van der Waals surface area contributed by atoms with Crippen molar-refractivity contribution in [2.45, 2.75) is 38.6 Å². The third-order valence-electron chi connectivity index (χ3n) is 7.97. The fourth-order valence-corrected chi connectivity index (χ4v) is 6.03. The maximum absolute atomic E-state index is 13.9. The van der Waals surface area contributed by atoms with Gasteiger partial charge in [0.25, 0.3) is 0 Å². The molecule has 0 aliphatic carbocycles. The number of carbonyl (C=O) groups excluding carboxylic acids is 4. The summed E-state index contributed by atoms with van der Waals surface area (Å²) in [6.45, 7) is 6.04. The first-order valence-electron chi connectivity index (χ1n) is 15.4. The van der Waals surface area contributed by atoms with Crippen LogP contribution in [0.25, 0.3) is 0 Å². The molecule has 2 fully saturated rings. The molecular weight excluding hydrogens is 621 g/mol. The van der Waals surface area contributed by atoms with Crippen LogP contribution in [-0.4, -0.2) is 126 Å². The van der Waals surface area contributed by atoms with Crippen LogP contribution in [0.4, 0.5) is 0 Å². The van der Waals surface area contributed by atoms with Crippen LogP contribution >= 0.6 is 23.2 Å². The zero-order valence-electron chi connectivity index (χ0n) is 25.7. The Hall–Kier alpha value is -3.25. The Morgan fingerprint density at radius 1 is 1.07 bits per heavy atom. The molecule has 2 saturated heterocycles. The zero-order valence-corrected chi connectivity index (χ0v) is 27.2. The summed E-state index contributed by atoms with van der Waals surface area (Å²) >= 11 is 12.4. The second-order valence-corrected chi connectivity index (χ2v) is 11.9. The molecule has 1 unspecified atom stereocenters. The molecule has 2 aromatic rings. The number of carbonyl (C=O) groups is 4. The van der Waals surface area contributed by atoms with Crippen LogP contribution in [0.15, 0.2) is 42.6 Å². The molecule has 3 heterocycles. The van der Waals surface area contributed by atoms with Crippen molar-refractivity contribution in [1.29, 1.82) is 0 Å². The largest absolute Gasteiger partial charge is 0.465 e. The Balaban J connectivity index is 1.49. The van der Waals surface area contributed by atoms with E-state index in [9.17, 15) is 19.2 Å². The summed E-state index contributed by atoms with van der Waals surface area (Å²) < 4.78 is 10.6. The van der Waals surface area contributed by atoms with Gasteiger partial charge in [0, 0.05) is 67.6 Å². The molecule has 1 aromatic carbocycles. The molecule has 4 rings (SSSR count). The van der Waals surface area contributed by atoms with E-state index in [1.807, 2.05) is 12.1 Å². The molecular formula is C32H41Cl2N5O6. The number of benzene rings is 1. The van der Waals surface area contributed by atoms with Crippen molar-refractivity contribution in [3.63, 3.8) is 0 Å². The van der Waals surface area contributed by atoms with Gasteiger partial charge >= 0.3 is 5.97 Å². The topological polar surface area (TPSA) is 113 Å². The van der Waals surface area contributed by atoms with E-state index in [-0.39, 0.29) is 51.0 Å². The van der Waals surface area contributed by atoms with Gasteiger partial charge in [-0.25, -0.2) is 0 Å². The number of ether oxygens (including phenoxy) is 2. The molecule has 1 atom stereocenters. The number of hydrogen-bond acceptors (Lipinski definition) is 8. The third-order valence-corrected chi connectivity index (χ3v) is 8.56. The van der Waals surface area contributed by atoms with Crippen LogP contribution in [0.5, 0.6) is 0 Å². The lowest BCUT2D eigenvalue weighted by Crippen LogP contribution is -2.61. The summed E-state index contributed by atoms with van der Waals surface area (Å²) in [5, 5.41) is 0.993. The Bertz CT molecular complexity index is 1310. The third kappa shape index (κ3) is 10.4. The number of esters is 1. The Kier molecular flexibility index (Phi) is 13.4. The number of piperazine rings is 1. The van der Waals surface area contributed by atoms with Gasteiger partial charge in [-0.05, 0) is 49.6 Å². The van der Waals surface area contributed by atoms with Gasteiger partial charge in [-0.15, -0.1) is 0 Å². The Morgan fingerprint density at radius 3 is 2.58 bits per heavy atom. The smallest absolute Gasteiger partial charge is 0.325 e. The van der Waals surface area contributed by atoms with Crippen LogP contribution in [0.3, 0.4) is 0 Å². The summed E-state index contributed by atoms with van der Waals surface area (Å²) in [7, 11) is 0. The Morgan fingerprint density at radius 2 is 1.87 bits per heavy atom. The van der Waals surface area contributed by atoms with Gasteiger partial charge < -0.3 is 24.2 Å².